The molecule has 5 nitrogen and oxygen atoms in total. The zero-order valence-electron chi connectivity index (χ0n) is 26.5. The van der Waals surface area contributed by atoms with Gasteiger partial charge in [-0.15, -0.1) is 0 Å². The number of aryl methyl sites for hydroxylation is 1. The molecule has 3 aromatic carbocycles. The average molecular weight is 577 g/mol. The van der Waals surface area contributed by atoms with Gasteiger partial charge >= 0.3 is 0 Å². The molecule has 0 N–H and O–H groups in total. The van der Waals surface area contributed by atoms with Gasteiger partial charge in [0, 0.05) is 37.4 Å². The van der Waals surface area contributed by atoms with E-state index in [0.717, 1.165) is 32.5 Å². The van der Waals surface area contributed by atoms with E-state index >= 15 is 0 Å². The smallest absolute Gasteiger partial charge is 0.223 e. The number of amides is 1. The van der Waals surface area contributed by atoms with Crippen molar-refractivity contribution in [3.05, 3.63) is 101 Å². The monoisotopic (exact) mass is 576 g/mol. The number of hydrogen-bond donors (Lipinski definition) is 0. The van der Waals surface area contributed by atoms with Gasteiger partial charge in [-0.3, -0.25) is 14.4 Å². The lowest BCUT2D eigenvalue weighted by Gasteiger charge is -2.47. The maximum absolute atomic E-state index is 14.1. The number of nitrogens with zero attached hydrogens (tertiary/aromatic N) is 4. The fourth-order valence-corrected chi connectivity index (χ4v) is 8.11. The Balaban J connectivity index is 1.47. The van der Waals surface area contributed by atoms with E-state index in [1.807, 2.05) is 6.92 Å². The maximum Gasteiger partial charge on any atom is 0.223 e. The van der Waals surface area contributed by atoms with Gasteiger partial charge in [0.2, 0.25) is 5.91 Å². The zero-order chi connectivity index (χ0) is 30.0. The van der Waals surface area contributed by atoms with Gasteiger partial charge in [0.15, 0.2) is 0 Å². The van der Waals surface area contributed by atoms with Crippen molar-refractivity contribution in [2.75, 3.05) is 13.1 Å². The molecule has 2 aliphatic rings. The minimum Gasteiger partial charge on any atom is -0.328 e. The maximum atomic E-state index is 14.1. The first-order chi connectivity index (χ1) is 21.0. The summed E-state index contributed by atoms with van der Waals surface area (Å²) in [5.41, 5.74) is 5.95. The number of fused-ring (bicyclic) bond motifs is 1. The van der Waals surface area contributed by atoms with Crippen molar-refractivity contribution in [3.8, 4) is 0 Å². The number of likely N-dealkylation sites (tertiary alicyclic amines) is 1. The highest BCUT2D eigenvalue weighted by atomic mass is 16.2. The van der Waals surface area contributed by atoms with Crippen LogP contribution in [-0.2, 0) is 17.8 Å². The topological polar surface area (TPSA) is 41.4 Å². The molecule has 1 amide bonds. The van der Waals surface area contributed by atoms with Crippen molar-refractivity contribution < 1.29 is 4.79 Å². The molecule has 5 heteroatoms. The third kappa shape index (κ3) is 5.64. The van der Waals surface area contributed by atoms with E-state index in [-0.39, 0.29) is 23.4 Å². The van der Waals surface area contributed by atoms with E-state index < -0.39 is 0 Å². The highest BCUT2D eigenvalue weighted by Crippen LogP contribution is 2.46. The number of benzene rings is 3. The molecule has 6 rings (SSSR count). The number of carbonyl (C=O) groups excluding carboxylic acids is 1. The summed E-state index contributed by atoms with van der Waals surface area (Å²) < 4.78 is 2.35. The Morgan fingerprint density at radius 3 is 2.33 bits per heavy atom. The molecule has 2 heterocycles. The fraction of sp³-hybridized carbons (Fsp3) is 0.474. The van der Waals surface area contributed by atoms with Gasteiger partial charge < -0.3 is 4.90 Å². The molecule has 1 aliphatic carbocycles. The zero-order valence-corrected chi connectivity index (χ0v) is 26.5. The van der Waals surface area contributed by atoms with Crippen LogP contribution in [0.25, 0.3) is 10.9 Å². The van der Waals surface area contributed by atoms with Gasteiger partial charge in [0.05, 0.1) is 28.8 Å². The van der Waals surface area contributed by atoms with Crippen LogP contribution in [0.3, 0.4) is 0 Å². The van der Waals surface area contributed by atoms with Crippen LogP contribution in [0, 0.1) is 0 Å². The van der Waals surface area contributed by atoms with E-state index in [2.05, 4.69) is 114 Å². The molecule has 0 bridgehead atoms. The lowest BCUT2D eigenvalue weighted by molar-refractivity contribution is -0.141. The van der Waals surface area contributed by atoms with Gasteiger partial charge in [-0.2, -0.15) is 5.10 Å². The summed E-state index contributed by atoms with van der Waals surface area (Å²) in [6.07, 6.45) is 7.31. The third-order valence-corrected chi connectivity index (χ3v) is 10.2. The van der Waals surface area contributed by atoms with Crippen molar-refractivity contribution in [1.29, 1.82) is 0 Å². The Hall–Kier alpha value is -3.44. The molecule has 0 radical (unpaired) electrons. The predicted octanol–water partition coefficient (Wildman–Crippen LogP) is 8.46. The molecule has 3 atom stereocenters. The molecule has 2 fully saturated rings. The predicted molar refractivity (Wildman–Crippen MR) is 176 cm³/mol. The van der Waals surface area contributed by atoms with Crippen LogP contribution in [-0.4, -0.2) is 44.1 Å². The van der Waals surface area contributed by atoms with Gasteiger partial charge in [-0.25, -0.2) is 0 Å². The summed E-state index contributed by atoms with van der Waals surface area (Å²) in [7, 11) is 0. The first-order valence-electron chi connectivity index (χ1n) is 16.6. The summed E-state index contributed by atoms with van der Waals surface area (Å²) in [5.74, 6) is 0.404. The van der Waals surface area contributed by atoms with Crippen molar-refractivity contribution >= 4 is 16.8 Å². The van der Waals surface area contributed by atoms with E-state index in [1.165, 1.54) is 59.0 Å². The Bertz CT molecular complexity index is 1520. The molecule has 4 aromatic rings. The van der Waals surface area contributed by atoms with Gasteiger partial charge in [0.1, 0.15) is 0 Å². The minimum absolute atomic E-state index is 0.0252. The van der Waals surface area contributed by atoms with E-state index in [4.69, 9.17) is 5.10 Å². The number of rotatable bonds is 10. The van der Waals surface area contributed by atoms with Crippen molar-refractivity contribution in [2.24, 2.45) is 0 Å². The summed E-state index contributed by atoms with van der Waals surface area (Å²) in [6, 6.07) is 29.0. The summed E-state index contributed by atoms with van der Waals surface area (Å²) >= 11 is 0. The Morgan fingerprint density at radius 2 is 1.67 bits per heavy atom. The molecular weight excluding hydrogens is 528 g/mol. The standard InChI is InChI=1S/C38H48N4O/c1-5-34-32-23-22-30(24-36(32)42(39-34)31-20-14-15-21-31)33-26-40(25-28-16-10-8-11-17-28)27-38(33,4)41(37(43)7-3)35(6-2)29-18-12-9-13-19-29/h8-13,16-19,22-24,31,33,35H,5-7,14-15,20-21,25-27H2,1-4H3/t33-,35?,38+/m0/s1. The fourth-order valence-electron chi connectivity index (χ4n) is 8.11. The van der Waals surface area contributed by atoms with Crippen LogP contribution in [0.4, 0.5) is 0 Å². The van der Waals surface area contributed by atoms with Crippen LogP contribution in [0.5, 0.6) is 0 Å². The molecule has 226 valence electrons. The molecule has 1 saturated carbocycles. The quantitative estimate of drug-likeness (QED) is 0.190. The number of hydrogen-bond acceptors (Lipinski definition) is 3. The van der Waals surface area contributed by atoms with Gasteiger partial charge in [0.25, 0.3) is 0 Å². The number of carbonyl (C=O) groups is 1. The molecule has 1 unspecified atom stereocenters. The molecular formula is C38H48N4O. The Morgan fingerprint density at radius 1 is 0.977 bits per heavy atom. The SMILES string of the molecule is CCC(=O)N(C(CC)c1ccccc1)[C@]1(C)CN(Cc2ccccc2)C[C@H]1c1ccc2c(CC)nn(C3CCCC3)c2c1. The van der Waals surface area contributed by atoms with Crippen molar-refractivity contribution in [3.63, 3.8) is 0 Å². The molecule has 1 saturated heterocycles. The molecule has 0 spiro atoms. The van der Waals surface area contributed by atoms with Gasteiger partial charge in [-0.1, -0.05) is 106 Å². The van der Waals surface area contributed by atoms with Crippen LogP contribution >= 0.6 is 0 Å². The summed E-state index contributed by atoms with van der Waals surface area (Å²) in [6.45, 7) is 11.4. The van der Waals surface area contributed by atoms with E-state index in [0.29, 0.717) is 12.5 Å². The molecule has 1 aromatic heterocycles. The summed E-state index contributed by atoms with van der Waals surface area (Å²) in [4.78, 5) is 19.0. The largest absolute Gasteiger partial charge is 0.328 e. The highest BCUT2D eigenvalue weighted by molar-refractivity contribution is 5.83. The molecule has 43 heavy (non-hydrogen) atoms. The highest BCUT2D eigenvalue weighted by Gasteiger charge is 2.51. The first-order valence-corrected chi connectivity index (χ1v) is 16.6. The van der Waals surface area contributed by atoms with Gasteiger partial charge in [-0.05, 0) is 55.4 Å². The first kappa shape index (κ1) is 29.6. The minimum atomic E-state index is -0.377. The lowest BCUT2D eigenvalue weighted by Crippen LogP contribution is -2.55. The second-order valence-electron chi connectivity index (χ2n) is 13.0. The summed E-state index contributed by atoms with van der Waals surface area (Å²) in [5, 5.41) is 6.45. The van der Waals surface area contributed by atoms with Crippen molar-refractivity contribution in [1.82, 2.24) is 19.6 Å². The van der Waals surface area contributed by atoms with E-state index in [1.54, 1.807) is 0 Å². The van der Waals surface area contributed by atoms with Crippen LogP contribution in [0.15, 0.2) is 78.9 Å². The normalized spacial score (nSPS) is 21.9. The average Bonchev–Trinajstić information content (AvgIpc) is 3.78. The van der Waals surface area contributed by atoms with Crippen LogP contribution < -0.4 is 0 Å². The van der Waals surface area contributed by atoms with Crippen LogP contribution in [0.2, 0.25) is 0 Å². The Labute approximate surface area is 257 Å². The molecule has 1 aliphatic heterocycles. The second kappa shape index (κ2) is 12.7. The van der Waals surface area contributed by atoms with E-state index in [9.17, 15) is 4.79 Å². The van der Waals surface area contributed by atoms with Crippen LogP contribution in [0.1, 0.15) is 107 Å². The third-order valence-electron chi connectivity index (χ3n) is 10.2. The van der Waals surface area contributed by atoms with Crippen molar-refractivity contribution in [2.45, 2.75) is 103 Å². The second-order valence-corrected chi connectivity index (χ2v) is 13.0. The number of aromatic nitrogens is 2. The lowest BCUT2D eigenvalue weighted by atomic mass is 9.79. The Kier molecular flexibility index (Phi) is 8.72.